The van der Waals surface area contributed by atoms with E-state index in [1.54, 1.807) is 6.20 Å². The van der Waals surface area contributed by atoms with Crippen molar-refractivity contribution in [3.63, 3.8) is 0 Å². The normalized spacial score (nSPS) is 10.9. The summed E-state index contributed by atoms with van der Waals surface area (Å²) >= 11 is 0. The van der Waals surface area contributed by atoms with E-state index < -0.39 is 0 Å². The molecule has 0 fully saturated rings. The number of likely N-dealkylation sites (N-methyl/N-ethyl adjacent to an activating group) is 1. The predicted molar refractivity (Wildman–Crippen MR) is 75.6 cm³/mol. The van der Waals surface area contributed by atoms with Crippen molar-refractivity contribution < 1.29 is 4.74 Å². The maximum absolute atomic E-state index is 5.37. The van der Waals surface area contributed by atoms with Gasteiger partial charge in [0.2, 0.25) is 5.95 Å². The van der Waals surface area contributed by atoms with E-state index in [9.17, 15) is 0 Å². The number of anilines is 2. The van der Waals surface area contributed by atoms with Crippen molar-refractivity contribution in [2.75, 3.05) is 43.6 Å². The van der Waals surface area contributed by atoms with E-state index in [1.807, 2.05) is 20.9 Å². The van der Waals surface area contributed by atoms with Crippen molar-refractivity contribution in [2.24, 2.45) is 0 Å². The molecule has 7 nitrogen and oxygen atoms in total. The Labute approximate surface area is 112 Å². The molecule has 2 aromatic heterocycles. The minimum Gasteiger partial charge on any atom is -0.380 e. The van der Waals surface area contributed by atoms with Gasteiger partial charge in [0.1, 0.15) is 5.82 Å². The Morgan fingerprint density at radius 3 is 2.95 bits per heavy atom. The zero-order valence-electron chi connectivity index (χ0n) is 11.6. The molecule has 2 aromatic rings. The van der Waals surface area contributed by atoms with Crippen molar-refractivity contribution in [3.8, 4) is 0 Å². The lowest BCUT2D eigenvalue weighted by Gasteiger charge is -2.19. The molecular formula is C12H20N6O. The largest absolute Gasteiger partial charge is 0.380 e. The number of rotatable bonds is 7. The Balaban J connectivity index is 2.26. The van der Waals surface area contributed by atoms with Gasteiger partial charge in [0.05, 0.1) is 18.2 Å². The maximum atomic E-state index is 5.37. The minimum atomic E-state index is 0.609. The lowest BCUT2D eigenvalue weighted by Crippen LogP contribution is -2.24. The molecular weight excluding hydrogens is 244 g/mol. The van der Waals surface area contributed by atoms with E-state index in [2.05, 4.69) is 30.4 Å². The van der Waals surface area contributed by atoms with Crippen LogP contribution < -0.4 is 10.2 Å². The summed E-state index contributed by atoms with van der Waals surface area (Å²) in [6.07, 6.45) is 1.75. The molecule has 0 saturated carbocycles. The Morgan fingerprint density at radius 2 is 2.21 bits per heavy atom. The number of ether oxygens (including phenoxy) is 1. The molecule has 0 bridgehead atoms. The van der Waals surface area contributed by atoms with E-state index >= 15 is 0 Å². The Kier molecular flexibility index (Phi) is 4.51. The standard InChI is InChI=1S/C12H20N6O/c1-4-13-12-15-10-9(8-14-17-10)11(16-12)18(3)6-7-19-5-2/h8H,4-7H2,1-3H3,(H2,13,14,15,16,17). The molecule has 2 heterocycles. The first kappa shape index (κ1) is 13.5. The topological polar surface area (TPSA) is 79.0 Å². The molecule has 0 spiro atoms. The van der Waals surface area contributed by atoms with Gasteiger partial charge in [-0.15, -0.1) is 0 Å². The van der Waals surface area contributed by atoms with Gasteiger partial charge >= 0.3 is 0 Å². The van der Waals surface area contributed by atoms with Crippen LogP contribution in [-0.4, -0.2) is 53.5 Å². The highest BCUT2D eigenvalue weighted by molar-refractivity contribution is 5.87. The van der Waals surface area contributed by atoms with Crippen molar-refractivity contribution in [3.05, 3.63) is 6.20 Å². The number of nitrogens with zero attached hydrogens (tertiary/aromatic N) is 4. The van der Waals surface area contributed by atoms with Gasteiger partial charge in [0.25, 0.3) is 0 Å². The second-order valence-corrected chi connectivity index (χ2v) is 4.15. The second kappa shape index (κ2) is 6.33. The van der Waals surface area contributed by atoms with Gasteiger partial charge in [-0.3, -0.25) is 5.10 Å². The summed E-state index contributed by atoms with van der Waals surface area (Å²) in [5.74, 6) is 1.46. The second-order valence-electron chi connectivity index (χ2n) is 4.15. The SMILES string of the molecule is CCNc1nc(N(C)CCOCC)c2cn[nH]c2n1. The number of aromatic nitrogens is 4. The summed E-state index contributed by atoms with van der Waals surface area (Å²) in [5.41, 5.74) is 0.740. The van der Waals surface area contributed by atoms with Crippen LogP contribution in [-0.2, 0) is 4.74 Å². The van der Waals surface area contributed by atoms with Crippen LogP contribution >= 0.6 is 0 Å². The molecule has 0 aliphatic rings. The molecule has 19 heavy (non-hydrogen) atoms. The first-order chi connectivity index (χ1) is 9.26. The molecule has 0 aliphatic heterocycles. The van der Waals surface area contributed by atoms with Crippen molar-refractivity contribution >= 4 is 22.8 Å². The van der Waals surface area contributed by atoms with Crippen LogP contribution in [0.1, 0.15) is 13.8 Å². The summed E-state index contributed by atoms with van der Waals surface area (Å²) in [7, 11) is 1.99. The van der Waals surface area contributed by atoms with Crippen LogP contribution in [0, 0.1) is 0 Å². The highest BCUT2D eigenvalue weighted by atomic mass is 16.5. The molecule has 2 rings (SSSR count). The van der Waals surface area contributed by atoms with Crippen LogP contribution in [0.15, 0.2) is 6.20 Å². The van der Waals surface area contributed by atoms with Gasteiger partial charge in [0.15, 0.2) is 5.65 Å². The smallest absolute Gasteiger partial charge is 0.226 e. The lowest BCUT2D eigenvalue weighted by molar-refractivity contribution is 0.154. The molecule has 0 aliphatic carbocycles. The van der Waals surface area contributed by atoms with E-state index in [-0.39, 0.29) is 0 Å². The molecule has 0 saturated heterocycles. The number of hydrogen-bond acceptors (Lipinski definition) is 6. The summed E-state index contributed by atoms with van der Waals surface area (Å²) < 4.78 is 5.37. The number of hydrogen-bond donors (Lipinski definition) is 2. The van der Waals surface area contributed by atoms with Gasteiger partial charge < -0.3 is 15.0 Å². The van der Waals surface area contributed by atoms with E-state index in [0.29, 0.717) is 12.6 Å². The summed E-state index contributed by atoms with van der Waals surface area (Å²) in [6, 6.07) is 0. The fraction of sp³-hybridized carbons (Fsp3) is 0.583. The highest BCUT2D eigenvalue weighted by Gasteiger charge is 2.12. The summed E-state index contributed by atoms with van der Waals surface area (Å²) in [6.45, 7) is 6.95. The van der Waals surface area contributed by atoms with Crippen molar-refractivity contribution in [1.29, 1.82) is 0 Å². The summed E-state index contributed by atoms with van der Waals surface area (Å²) in [5, 5.41) is 11.0. The third-order valence-electron chi connectivity index (χ3n) is 2.76. The molecule has 0 atom stereocenters. The number of fused-ring (bicyclic) bond motifs is 1. The van der Waals surface area contributed by atoms with E-state index in [0.717, 1.165) is 36.5 Å². The Bertz CT molecular complexity index is 526. The number of aromatic amines is 1. The summed E-state index contributed by atoms with van der Waals surface area (Å²) in [4.78, 5) is 10.9. The molecule has 0 amide bonds. The van der Waals surface area contributed by atoms with E-state index in [4.69, 9.17) is 4.74 Å². The average Bonchev–Trinajstić information content (AvgIpc) is 2.86. The number of H-pyrrole nitrogens is 1. The fourth-order valence-corrected chi connectivity index (χ4v) is 1.80. The number of nitrogens with one attached hydrogen (secondary N) is 2. The van der Waals surface area contributed by atoms with Gasteiger partial charge in [-0.2, -0.15) is 15.1 Å². The monoisotopic (exact) mass is 264 g/mol. The fourth-order valence-electron chi connectivity index (χ4n) is 1.80. The van der Waals surface area contributed by atoms with Crippen LogP contribution in [0.2, 0.25) is 0 Å². The Morgan fingerprint density at radius 1 is 1.37 bits per heavy atom. The van der Waals surface area contributed by atoms with Gasteiger partial charge in [-0.25, -0.2) is 0 Å². The third-order valence-corrected chi connectivity index (χ3v) is 2.76. The predicted octanol–water partition coefficient (Wildman–Crippen LogP) is 1.26. The van der Waals surface area contributed by atoms with Crippen molar-refractivity contribution in [2.45, 2.75) is 13.8 Å². The molecule has 7 heteroatoms. The van der Waals surface area contributed by atoms with Gasteiger partial charge in [-0.05, 0) is 13.8 Å². The zero-order chi connectivity index (χ0) is 13.7. The molecule has 2 N–H and O–H groups in total. The van der Waals surface area contributed by atoms with Crippen LogP contribution in [0.25, 0.3) is 11.0 Å². The molecule has 0 aromatic carbocycles. The van der Waals surface area contributed by atoms with Crippen LogP contribution in [0.5, 0.6) is 0 Å². The van der Waals surface area contributed by atoms with Crippen LogP contribution in [0.3, 0.4) is 0 Å². The van der Waals surface area contributed by atoms with E-state index in [1.165, 1.54) is 0 Å². The van der Waals surface area contributed by atoms with Crippen molar-refractivity contribution in [1.82, 2.24) is 20.2 Å². The maximum Gasteiger partial charge on any atom is 0.226 e. The highest BCUT2D eigenvalue weighted by Crippen LogP contribution is 2.22. The lowest BCUT2D eigenvalue weighted by atomic mass is 10.3. The first-order valence-electron chi connectivity index (χ1n) is 6.50. The molecule has 104 valence electrons. The first-order valence-corrected chi connectivity index (χ1v) is 6.50. The third kappa shape index (κ3) is 3.11. The Hall–Kier alpha value is -1.89. The zero-order valence-corrected chi connectivity index (χ0v) is 11.6. The molecule has 0 unspecified atom stereocenters. The average molecular weight is 264 g/mol. The van der Waals surface area contributed by atoms with Gasteiger partial charge in [-0.1, -0.05) is 0 Å². The van der Waals surface area contributed by atoms with Gasteiger partial charge in [0, 0.05) is 26.7 Å². The van der Waals surface area contributed by atoms with Crippen LogP contribution in [0.4, 0.5) is 11.8 Å². The quantitative estimate of drug-likeness (QED) is 0.733. The molecule has 0 radical (unpaired) electrons. The minimum absolute atomic E-state index is 0.609.